The second-order valence-corrected chi connectivity index (χ2v) is 4.02. The highest BCUT2D eigenvalue weighted by Crippen LogP contribution is 2.45. The molecule has 1 aromatic carbocycles. The number of rotatable bonds is 7. The molecule has 0 aliphatic heterocycles. The molecule has 0 radical (unpaired) electrons. The molecule has 0 unspecified atom stereocenters. The van der Waals surface area contributed by atoms with Gasteiger partial charge in [-0.1, -0.05) is 0 Å². The number of methoxy groups -OCH3 is 5. The monoisotopic (exact) mass is 304 g/mol. The Bertz CT molecular complexity index is 484. The van der Waals surface area contributed by atoms with Crippen LogP contribution >= 0.6 is 11.6 Å². The van der Waals surface area contributed by atoms with E-state index in [-0.39, 0.29) is 11.3 Å². The van der Waals surface area contributed by atoms with Gasteiger partial charge in [-0.05, 0) is 23.7 Å². The number of carbonyl (C=O) groups excluding carboxylic acids is 1. The number of halogens is 1. The third kappa shape index (κ3) is 2.54. The van der Waals surface area contributed by atoms with Gasteiger partial charge in [-0.15, -0.1) is 0 Å². The summed E-state index contributed by atoms with van der Waals surface area (Å²) in [5.74, 6) is -0.795. The molecule has 1 aromatic rings. The molecule has 0 saturated heterocycles. The van der Waals surface area contributed by atoms with E-state index in [1.54, 1.807) is 12.1 Å². The van der Waals surface area contributed by atoms with E-state index in [9.17, 15) is 4.79 Å². The van der Waals surface area contributed by atoms with Gasteiger partial charge in [0, 0.05) is 14.2 Å². The largest absolute Gasteiger partial charge is 0.493 e. The number of benzene rings is 1. The van der Waals surface area contributed by atoms with Crippen molar-refractivity contribution in [2.45, 2.75) is 5.79 Å². The number of hydrogen-bond acceptors (Lipinski definition) is 6. The van der Waals surface area contributed by atoms with Crippen LogP contribution in [-0.4, -0.2) is 40.8 Å². The smallest absolute Gasteiger partial charge is 0.286 e. The first-order valence-corrected chi connectivity index (χ1v) is 5.99. The first kappa shape index (κ1) is 16.6. The molecule has 0 heterocycles. The van der Waals surface area contributed by atoms with Crippen molar-refractivity contribution in [2.75, 3.05) is 35.5 Å². The third-order valence-corrected chi connectivity index (χ3v) is 3.14. The maximum absolute atomic E-state index is 11.7. The highest BCUT2D eigenvalue weighted by Gasteiger charge is 2.44. The number of ether oxygens (including phenoxy) is 5. The fourth-order valence-electron chi connectivity index (χ4n) is 1.93. The normalized spacial score (nSPS) is 11.1. The molecule has 0 saturated carbocycles. The van der Waals surface area contributed by atoms with Gasteiger partial charge in [-0.2, -0.15) is 0 Å². The van der Waals surface area contributed by atoms with Gasteiger partial charge in [0.15, 0.2) is 11.5 Å². The topological polar surface area (TPSA) is 63.2 Å². The van der Waals surface area contributed by atoms with Gasteiger partial charge in [0.05, 0.1) is 26.9 Å². The second-order valence-electron chi connectivity index (χ2n) is 3.68. The standard InChI is InChI=1S/C13H17ClO6/c1-16-9-7-6-8(10(17-2)11(9)18-3)13(19-4,20-5)12(14)15/h6-7H,1-5H3. The van der Waals surface area contributed by atoms with Crippen molar-refractivity contribution in [3.05, 3.63) is 17.7 Å². The summed E-state index contributed by atoms with van der Waals surface area (Å²) in [6, 6.07) is 3.16. The van der Waals surface area contributed by atoms with Crippen LogP contribution in [0.15, 0.2) is 12.1 Å². The lowest BCUT2D eigenvalue weighted by Crippen LogP contribution is -2.37. The summed E-state index contributed by atoms with van der Waals surface area (Å²) in [7, 11) is 6.98. The van der Waals surface area contributed by atoms with Gasteiger partial charge in [0.2, 0.25) is 5.75 Å². The zero-order chi connectivity index (χ0) is 15.3. The number of hydrogen-bond donors (Lipinski definition) is 0. The lowest BCUT2D eigenvalue weighted by Gasteiger charge is -2.29. The first-order chi connectivity index (χ1) is 9.52. The van der Waals surface area contributed by atoms with E-state index in [0.29, 0.717) is 11.5 Å². The Morgan fingerprint density at radius 3 is 1.85 bits per heavy atom. The Morgan fingerprint density at radius 1 is 0.950 bits per heavy atom. The van der Waals surface area contributed by atoms with Crippen LogP contribution in [-0.2, 0) is 20.1 Å². The number of carbonyl (C=O) groups is 1. The average molecular weight is 305 g/mol. The molecule has 0 spiro atoms. The minimum Gasteiger partial charge on any atom is -0.493 e. The maximum atomic E-state index is 11.7. The summed E-state index contributed by atoms with van der Waals surface area (Å²) in [6.45, 7) is 0. The summed E-state index contributed by atoms with van der Waals surface area (Å²) in [5.41, 5.74) is 0.280. The molecule has 0 aliphatic rings. The van der Waals surface area contributed by atoms with E-state index in [1.807, 2.05) is 0 Å². The van der Waals surface area contributed by atoms with Crippen LogP contribution in [0.1, 0.15) is 5.56 Å². The Morgan fingerprint density at radius 2 is 1.50 bits per heavy atom. The molecule has 0 amide bonds. The molecular weight excluding hydrogens is 288 g/mol. The lowest BCUT2D eigenvalue weighted by atomic mass is 10.0. The van der Waals surface area contributed by atoms with Gasteiger partial charge in [-0.25, -0.2) is 0 Å². The summed E-state index contributed by atoms with van der Waals surface area (Å²) in [5, 5.41) is -0.840. The molecule has 0 atom stereocenters. The molecule has 1 rings (SSSR count). The zero-order valence-corrected chi connectivity index (χ0v) is 12.7. The van der Waals surface area contributed by atoms with Gasteiger partial charge >= 0.3 is 0 Å². The van der Waals surface area contributed by atoms with Crippen LogP contribution in [0, 0.1) is 0 Å². The average Bonchev–Trinajstić information content (AvgIpc) is 2.47. The van der Waals surface area contributed by atoms with E-state index in [1.165, 1.54) is 35.5 Å². The maximum Gasteiger partial charge on any atom is 0.286 e. The van der Waals surface area contributed by atoms with Gasteiger partial charge in [0.1, 0.15) is 0 Å². The van der Waals surface area contributed by atoms with E-state index in [4.69, 9.17) is 35.3 Å². The molecule has 0 N–H and O–H groups in total. The van der Waals surface area contributed by atoms with Crippen molar-refractivity contribution < 1.29 is 28.5 Å². The van der Waals surface area contributed by atoms with Crippen LogP contribution in [0.4, 0.5) is 0 Å². The SMILES string of the molecule is COc1ccc(C(OC)(OC)C(=O)Cl)c(OC)c1OC. The molecule has 6 nitrogen and oxygen atoms in total. The van der Waals surface area contributed by atoms with Gasteiger partial charge in [-0.3, -0.25) is 4.79 Å². The highest BCUT2D eigenvalue weighted by atomic mass is 35.5. The van der Waals surface area contributed by atoms with Crippen LogP contribution in [0.2, 0.25) is 0 Å². The first-order valence-electron chi connectivity index (χ1n) is 5.62. The summed E-state index contributed by atoms with van der Waals surface area (Å²) < 4.78 is 26.1. The quantitative estimate of drug-likeness (QED) is 0.566. The van der Waals surface area contributed by atoms with Crippen molar-refractivity contribution in [1.29, 1.82) is 0 Å². The zero-order valence-electron chi connectivity index (χ0n) is 12.0. The Labute approximate surface area is 122 Å². The van der Waals surface area contributed by atoms with Crippen LogP contribution in [0.5, 0.6) is 17.2 Å². The molecule has 20 heavy (non-hydrogen) atoms. The Kier molecular flexibility index (Phi) is 5.62. The molecule has 0 aromatic heterocycles. The fraction of sp³-hybridized carbons (Fsp3) is 0.462. The molecule has 7 heteroatoms. The van der Waals surface area contributed by atoms with Crippen molar-refractivity contribution >= 4 is 16.8 Å². The predicted octanol–water partition coefficient (Wildman–Crippen LogP) is 1.92. The van der Waals surface area contributed by atoms with Crippen molar-refractivity contribution in [3.63, 3.8) is 0 Å². The predicted molar refractivity (Wildman–Crippen MR) is 72.7 cm³/mol. The fourth-order valence-corrected chi connectivity index (χ4v) is 2.19. The lowest BCUT2D eigenvalue weighted by molar-refractivity contribution is -0.206. The van der Waals surface area contributed by atoms with Crippen LogP contribution in [0.3, 0.4) is 0 Å². The summed E-state index contributed by atoms with van der Waals surface area (Å²) in [6.07, 6.45) is 0. The minimum absolute atomic E-state index is 0.240. The van der Waals surface area contributed by atoms with Crippen LogP contribution < -0.4 is 14.2 Å². The van der Waals surface area contributed by atoms with Gasteiger partial charge < -0.3 is 23.7 Å². The summed E-state index contributed by atoms with van der Waals surface area (Å²) >= 11 is 5.62. The van der Waals surface area contributed by atoms with Crippen molar-refractivity contribution in [1.82, 2.24) is 0 Å². The molecule has 112 valence electrons. The van der Waals surface area contributed by atoms with Crippen LogP contribution in [0.25, 0.3) is 0 Å². The molecule has 0 aliphatic carbocycles. The van der Waals surface area contributed by atoms with E-state index in [2.05, 4.69) is 0 Å². The Balaban J connectivity index is 3.63. The molecular formula is C13H17ClO6. The van der Waals surface area contributed by atoms with Crippen molar-refractivity contribution in [3.8, 4) is 17.2 Å². The van der Waals surface area contributed by atoms with E-state index < -0.39 is 11.0 Å². The summed E-state index contributed by atoms with van der Waals surface area (Å²) in [4.78, 5) is 11.7. The van der Waals surface area contributed by atoms with E-state index >= 15 is 0 Å². The van der Waals surface area contributed by atoms with Gasteiger partial charge in [0.25, 0.3) is 11.0 Å². The Hall–Kier alpha value is -1.50. The van der Waals surface area contributed by atoms with Crippen molar-refractivity contribution in [2.24, 2.45) is 0 Å². The highest BCUT2D eigenvalue weighted by molar-refractivity contribution is 6.65. The molecule has 0 fully saturated rings. The second kappa shape index (κ2) is 6.78. The minimum atomic E-state index is -1.79. The van der Waals surface area contributed by atoms with E-state index in [0.717, 1.165) is 0 Å². The molecule has 0 bridgehead atoms. The third-order valence-electron chi connectivity index (χ3n) is 2.89.